The van der Waals surface area contributed by atoms with Gasteiger partial charge in [0.1, 0.15) is 12.6 Å². The maximum Gasteiger partial charge on any atom is 0.209 e. The van der Waals surface area contributed by atoms with E-state index < -0.39 is 0 Å². The molecule has 0 bridgehead atoms. The molecular formula is C23H20N4O2. The van der Waals surface area contributed by atoms with E-state index in [0.29, 0.717) is 17.8 Å². The SMILES string of the molecule is Cc1ccc(C(=O)c2cccn2CC2=NC3=CC=C(CN=O)C=CC3N=C2)cc1. The summed E-state index contributed by atoms with van der Waals surface area (Å²) >= 11 is 0. The van der Waals surface area contributed by atoms with Crippen LogP contribution in [0.1, 0.15) is 21.6 Å². The van der Waals surface area contributed by atoms with E-state index in [1.54, 1.807) is 6.21 Å². The highest BCUT2D eigenvalue weighted by molar-refractivity contribution is 6.31. The number of aromatic nitrogens is 1. The zero-order chi connectivity index (χ0) is 20.2. The van der Waals surface area contributed by atoms with Crippen LogP contribution < -0.4 is 0 Å². The predicted octanol–water partition coefficient (Wildman–Crippen LogP) is 4.07. The number of hydrogen-bond donors (Lipinski definition) is 0. The highest BCUT2D eigenvalue weighted by Crippen LogP contribution is 2.20. The second-order valence-electron chi connectivity index (χ2n) is 7.02. The molecule has 0 N–H and O–H groups in total. The Morgan fingerprint density at radius 2 is 2.00 bits per heavy atom. The number of aliphatic imine (C=N–C) groups is 2. The third-order valence-electron chi connectivity index (χ3n) is 4.88. The fraction of sp³-hybridized carbons (Fsp3) is 0.174. The standard InChI is InChI=1S/C23H20N4O2/c1-16-4-8-18(9-5-16)23(28)22-3-2-12-27(22)15-19-14-24-20-10-6-17(13-25-29)7-11-21(20)26-19/h2-12,14,20H,13,15H2,1H3. The Morgan fingerprint density at radius 1 is 1.17 bits per heavy atom. The number of aryl methyl sites for hydroxylation is 1. The van der Waals surface area contributed by atoms with Gasteiger partial charge in [-0.1, -0.05) is 53.2 Å². The Hall–Kier alpha value is -3.67. The van der Waals surface area contributed by atoms with Crippen LogP contribution >= 0.6 is 0 Å². The molecule has 1 aliphatic carbocycles. The second kappa shape index (κ2) is 8.14. The van der Waals surface area contributed by atoms with Gasteiger partial charge in [0.15, 0.2) is 0 Å². The number of ketones is 1. The van der Waals surface area contributed by atoms with E-state index in [-0.39, 0.29) is 18.4 Å². The van der Waals surface area contributed by atoms with Crippen LogP contribution in [0.3, 0.4) is 0 Å². The molecule has 144 valence electrons. The number of nitrogens with zero attached hydrogens (tertiary/aromatic N) is 4. The first kappa shape index (κ1) is 18.7. The molecule has 0 fully saturated rings. The van der Waals surface area contributed by atoms with Crippen molar-refractivity contribution in [1.82, 2.24) is 4.57 Å². The van der Waals surface area contributed by atoms with Gasteiger partial charge in [-0.2, -0.15) is 4.91 Å². The molecule has 2 aromatic rings. The summed E-state index contributed by atoms with van der Waals surface area (Å²) in [5.41, 5.74) is 4.78. The van der Waals surface area contributed by atoms with Gasteiger partial charge < -0.3 is 4.57 Å². The van der Waals surface area contributed by atoms with E-state index in [1.165, 1.54) is 0 Å². The lowest BCUT2D eigenvalue weighted by Crippen LogP contribution is -2.21. The van der Waals surface area contributed by atoms with Crippen LogP contribution in [0.25, 0.3) is 0 Å². The van der Waals surface area contributed by atoms with Crippen molar-refractivity contribution >= 4 is 17.7 Å². The van der Waals surface area contributed by atoms with Crippen LogP contribution in [0, 0.1) is 11.8 Å². The largest absolute Gasteiger partial charge is 0.339 e. The Morgan fingerprint density at radius 3 is 2.79 bits per heavy atom. The molecule has 0 amide bonds. The van der Waals surface area contributed by atoms with Crippen molar-refractivity contribution in [1.29, 1.82) is 0 Å². The first-order valence-electron chi connectivity index (χ1n) is 9.39. The average Bonchev–Trinajstić information content (AvgIpc) is 3.09. The molecule has 1 unspecified atom stereocenters. The van der Waals surface area contributed by atoms with Crippen molar-refractivity contribution in [3.63, 3.8) is 0 Å². The van der Waals surface area contributed by atoms with E-state index in [2.05, 4.69) is 10.2 Å². The lowest BCUT2D eigenvalue weighted by molar-refractivity contribution is 0.103. The highest BCUT2D eigenvalue weighted by atomic mass is 16.3. The summed E-state index contributed by atoms with van der Waals surface area (Å²) in [7, 11) is 0. The van der Waals surface area contributed by atoms with Crippen LogP contribution in [0.5, 0.6) is 0 Å². The zero-order valence-corrected chi connectivity index (χ0v) is 16.0. The fourth-order valence-electron chi connectivity index (χ4n) is 3.29. The molecule has 4 rings (SSSR count). The molecule has 0 spiro atoms. The van der Waals surface area contributed by atoms with Crippen molar-refractivity contribution in [2.24, 2.45) is 15.2 Å². The molecule has 0 radical (unpaired) electrons. The molecule has 1 atom stereocenters. The number of rotatable bonds is 6. The summed E-state index contributed by atoms with van der Waals surface area (Å²) < 4.78 is 1.89. The van der Waals surface area contributed by atoms with Gasteiger partial charge in [-0.3, -0.25) is 14.8 Å². The Labute approximate surface area is 168 Å². The van der Waals surface area contributed by atoms with Crippen LogP contribution in [0.2, 0.25) is 0 Å². The Bertz CT molecular complexity index is 1100. The van der Waals surface area contributed by atoms with Gasteiger partial charge in [0.05, 0.1) is 23.6 Å². The molecular weight excluding hydrogens is 364 g/mol. The first-order valence-corrected chi connectivity index (χ1v) is 9.39. The van der Waals surface area contributed by atoms with Crippen LogP contribution in [0.15, 0.2) is 93.3 Å². The fourth-order valence-corrected chi connectivity index (χ4v) is 3.29. The summed E-state index contributed by atoms with van der Waals surface area (Å²) in [6.07, 6.45) is 11.1. The smallest absolute Gasteiger partial charge is 0.209 e. The maximum atomic E-state index is 12.9. The normalized spacial score (nSPS) is 17.7. The van der Waals surface area contributed by atoms with Crippen LogP contribution in [-0.2, 0) is 6.54 Å². The third kappa shape index (κ3) is 4.11. The summed E-state index contributed by atoms with van der Waals surface area (Å²) in [4.78, 5) is 32.7. The van der Waals surface area contributed by atoms with E-state index in [4.69, 9.17) is 4.99 Å². The molecule has 1 aliphatic heterocycles. The van der Waals surface area contributed by atoms with E-state index in [9.17, 15) is 9.70 Å². The first-order chi connectivity index (χ1) is 14.1. The molecule has 1 aromatic carbocycles. The second-order valence-corrected chi connectivity index (χ2v) is 7.02. The van der Waals surface area contributed by atoms with Crippen LogP contribution in [-0.4, -0.2) is 34.9 Å². The van der Waals surface area contributed by atoms with E-state index in [0.717, 1.165) is 22.5 Å². The molecule has 2 heterocycles. The molecule has 1 aromatic heterocycles. The van der Waals surface area contributed by atoms with Crippen molar-refractivity contribution in [3.8, 4) is 0 Å². The lowest BCUT2D eigenvalue weighted by atomic mass is 10.1. The van der Waals surface area contributed by atoms with Gasteiger partial charge in [0, 0.05) is 18.0 Å². The van der Waals surface area contributed by atoms with Gasteiger partial charge in [0.25, 0.3) is 0 Å². The molecule has 29 heavy (non-hydrogen) atoms. The number of allylic oxidation sites excluding steroid dienone is 2. The van der Waals surface area contributed by atoms with Gasteiger partial charge in [-0.15, -0.1) is 0 Å². The van der Waals surface area contributed by atoms with Crippen LogP contribution in [0.4, 0.5) is 0 Å². The topological polar surface area (TPSA) is 76.2 Å². The molecule has 6 heteroatoms. The molecule has 0 saturated heterocycles. The number of carbonyl (C=O) groups excluding carboxylic acids is 1. The minimum atomic E-state index is -0.169. The summed E-state index contributed by atoms with van der Waals surface area (Å²) in [5, 5.41) is 2.93. The molecule has 6 nitrogen and oxygen atoms in total. The van der Waals surface area contributed by atoms with Gasteiger partial charge in [0.2, 0.25) is 5.78 Å². The number of benzene rings is 1. The maximum absolute atomic E-state index is 12.9. The Balaban J connectivity index is 1.56. The number of nitroso groups, excluding NO2 is 1. The minimum Gasteiger partial charge on any atom is -0.339 e. The highest BCUT2D eigenvalue weighted by Gasteiger charge is 2.18. The van der Waals surface area contributed by atoms with E-state index >= 15 is 0 Å². The molecule has 0 saturated carbocycles. The summed E-state index contributed by atoms with van der Waals surface area (Å²) in [6.45, 7) is 2.57. The van der Waals surface area contributed by atoms with E-state index in [1.807, 2.05) is 78.4 Å². The zero-order valence-electron chi connectivity index (χ0n) is 16.0. The third-order valence-corrected chi connectivity index (χ3v) is 4.88. The summed E-state index contributed by atoms with van der Waals surface area (Å²) in [5.74, 6) is -0.0215. The quantitative estimate of drug-likeness (QED) is 0.556. The lowest BCUT2D eigenvalue weighted by Gasteiger charge is -2.16. The monoisotopic (exact) mass is 384 g/mol. The minimum absolute atomic E-state index is 0.0215. The predicted molar refractivity (Wildman–Crippen MR) is 115 cm³/mol. The van der Waals surface area contributed by atoms with Gasteiger partial charge >= 0.3 is 0 Å². The van der Waals surface area contributed by atoms with Gasteiger partial charge in [-0.25, -0.2) is 0 Å². The Kier molecular flexibility index (Phi) is 5.24. The number of carbonyl (C=O) groups is 1. The number of hydrogen-bond acceptors (Lipinski definition) is 5. The van der Waals surface area contributed by atoms with Crippen molar-refractivity contribution in [2.75, 3.05) is 6.54 Å². The van der Waals surface area contributed by atoms with Crippen molar-refractivity contribution < 1.29 is 4.79 Å². The molecule has 2 aliphatic rings. The average molecular weight is 384 g/mol. The van der Waals surface area contributed by atoms with Gasteiger partial charge in [-0.05, 0) is 30.7 Å². The summed E-state index contributed by atoms with van der Waals surface area (Å²) in [6, 6.07) is 11.1. The van der Waals surface area contributed by atoms with Crippen molar-refractivity contribution in [2.45, 2.75) is 19.5 Å². The van der Waals surface area contributed by atoms with Crippen molar-refractivity contribution in [3.05, 3.63) is 99.9 Å². The number of fused-ring (bicyclic) bond motifs is 1.